The number of piperidine rings is 2. The van der Waals surface area contributed by atoms with E-state index in [4.69, 9.17) is 5.10 Å². The molecule has 0 bridgehead atoms. The number of fused-ring (bicyclic) bond motifs is 2. The highest BCUT2D eigenvalue weighted by Crippen LogP contribution is 2.56. The summed E-state index contributed by atoms with van der Waals surface area (Å²) in [7, 11) is 1.80. The zero-order chi connectivity index (χ0) is 30.9. The van der Waals surface area contributed by atoms with E-state index in [1.54, 1.807) is 37.1 Å². The third-order valence-electron chi connectivity index (χ3n) is 11.4. The van der Waals surface area contributed by atoms with Crippen molar-refractivity contribution in [2.24, 2.45) is 12.5 Å². The number of nitrogens with zero attached hydrogens (tertiary/aromatic N) is 7. The SMILES string of the molecule is CC(=O)N1CCc2c(c(N3CCCc4cc(-c5cnn(C)c5)c(C(F)F)cc43)nn2C2CCN(C3CC34CCNCC4)CC2)C1. The van der Waals surface area contributed by atoms with Crippen molar-refractivity contribution in [3.05, 3.63) is 46.9 Å². The molecule has 9 nitrogen and oxygen atoms in total. The molecule has 1 spiro atoms. The molecular formula is C34H44F2N8O. The van der Waals surface area contributed by atoms with Crippen LogP contribution in [-0.4, -0.2) is 80.6 Å². The molecule has 240 valence electrons. The Labute approximate surface area is 263 Å². The number of nitrogens with one attached hydrogen (secondary N) is 1. The first-order valence-electron chi connectivity index (χ1n) is 16.8. The van der Waals surface area contributed by atoms with Crippen molar-refractivity contribution in [1.82, 2.24) is 34.7 Å². The van der Waals surface area contributed by atoms with Crippen molar-refractivity contribution in [2.75, 3.05) is 44.2 Å². The first kappa shape index (κ1) is 29.1. The highest BCUT2D eigenvalue weighted by atomic mass is 19.3. The molecule has 3 fully saturated rings. The van der Waals surface area contributed by atoms with Crippen molar-refractivity contribution in [3.63, 3.8) is 0 Å². The van der Waals surface area contributed by atoms with Crippen molar-refractivity contribution in [3.8, 4) is 11.1 Å². The number of aromatic nitrogens is 4. The fraction of sp³-hybridized carbons (Fsp3) is 0.618. The second-order valence-corrected chi connectivity index (χ2v) is 14.0. The van der Waals surface area contributed by atoms with E-state index in [-0.39, 0.29) is 11.5 Å². The summed E-state index contributed by atoms with van der Waals surface area (Å²) in [4.78, 5) is 19.3. The number of aryl methyl sites for hydroxylation is 2. The number of benzene rings is 1. The molecule has 3 aromatic rings. The van der Waals surface area contributed by atoms with Gasteiger partial charge in [-0.1, -0.05) is 0 Å². The standard InChI is InChI=1S/C34H44F2N8O/c1-22(45)42-15-7-29-28(21-42)33(39-44(29)25-5-13-41(14-6-25)31-18-34(31)8-10-37-11-9-34)43-12-3-4-23-16-26(24-19-38-40(2)20-24)27(32(35)36)17-30(23)43/h16-17,19-20,25,31-32,37H,3-15,18,21H2,1-2H3. The monoisotopic (exact) mass is 618 g/mol. The van der Waals surface area contributed by atoms with Gasteiger partial charge in [0, 0.05) is 86.9 Å². The van der Waals surface area contributed by atoms with Gasteiger partial charge in [0.05, 0.1) is 18.8 Å². The second-order valence-electron chi connectivity index (χ2n) is 14.0. The van der Waals surface area contributed by atoms with Crippen LogP contribution in [-0.2, 0) is 31.2 Å². The number of amides is 1. The Bertz CT molecular complexity index is 1600. The predicted octanol–water partition coefficient (Wildman–Crippen LogP) is 4.99. The summed E-state index contributed by atoms with van der Waals surface area (Å²) < 4.78 is 33.1. The number of carbonyl (C=O) groups excluding carboxylic acids is 1. The molecule has 5 aliphatic rings. The van der Waals surface area contributed by atoms with Gasteiger partial charge in [-0.15, -0.1) is 0 Å². The Hall–Kier alpha value is -3.31. The molecule has 1 N–H and O–H groups in total. The lowest BCUT2D eigenvalue weighted by atomic mass is 9.92. The van der Waals surface area contributed by atoms with Gasteiger partial charge in [-0.25, -0.2) is 8.78 Å². The lowest BCUT2D eigenvalue weighted by Gasteiger charge is -2.36. The molecule has 45 heavy (non-hydrogen) atoms. The summed E-state index contributed by atoms with van der Waals surface area (Å²) >= 11 is 0. The number of hydrogen-bond acceptors (Lipinski definition) is 6. The van der Waals surface area contributed by atoms with Crippen LogP contribution in [0.15, 0.2) is 24.5 Å². The minimum atomic E-state index is -2.62. The maximum absolute atomic E-state index is 14.6. The van der Waals surface area contributed by atoms with Gasteiger partial charge in [-0.3, -0.25) is 19.1 Å². The van der Waals surface area contributed by atoms with Crippen LogP contribution < -0.4 is 10.2 Å². The third-order valence-corrected chi connectivity index (χ3v) is 11.4. The topological polar surface area (TPSA) is 74.5 Å². The summed E-state index contributed by atoms with van der Waals surface area (Å²) in [5.74, 6) is 0.897. The van der Waals surface area contributed by atoms with E-state index in [9.17, 15) is 13.6 Å². The Morgan fingerprint density at radius 2 is 1.89 bits per heavy atom. The van der Waals surface area contributed by atoms with E-state index in [0.717, 1.165) is 87.0 Å². The van der Waals surface area contributed by atoms with E-state index in [1.165, 1.54) is 25.0 Å². The number of halogens is 2. The first-order chi connectivity index (χ1) is 21.8. The van der Waals surface area contributed by atoms with Gasteiger partial charge >= 0.3 is 0 Å². The lowest BCUT2D eigenvalue weighted by molar-refractivity contribution is -0.129. The molecule has 2 saturated heterocycles. The Balaban J connectivity index is 1.12. The molecular weight excluding hydrogens is 574 g/mol. The average Bonchev–Trinajstić information content (AvgIpc) is 3.36. The zero-order valence-corrected chi connectivity index (χ0v) is 26.4. The largest absolute Gasteiger partial charge is 0.338 e. The van der Waals surface area contributed by atoms with Gasteiger partial charge in [-0.2, -0.15) is 10.2 Å². The Morgan fingerprint density at radius 1 is 1.09 bits per heavy atom. The van der Waals surface area contributed by atoms with Gasteiger partial charge < -0.3 is 15.1 Å². The van der Waals surface area contributed by atoms with E-state index < -0.39 is 6.43 Å². The molecule has 1 aliphatic carbocycles. The van der Waals surface area contributed by atoms with Crippen molar-refractivity contribution in [1.29, 1.82) is 0 Å². The molecule has 11 heteroatoms. The molecule has 1 amide bonds. The average molecular weight is 619 g/mol. The maximum atomic E-state index is 14.6. The molecule has 1 saturated carbocycles. The predicted molar refractivity (Wildman–Crippen MR) is 169 cm³/mol. The lowest BCUT2D eigenvalue weighted by Crippen LogP contribution is -2.41. The van der Waals surface area contributed by atoms with E-state index in [2.05, 4.69) is 24.9 Å². The smallest absolute Gasteiger partial charge is 0.264 e. The third kappa shape index (κ3) is 5.06. The highest BCUT2D eigenvalue weighted by Gasteiger charge is 2.56. The summed E-state index contributed by atoms with van der Waals surface area (Å²) in [6.45, 7) is 8.02. The van der Waals surface area contributed by atoms with Crippen LogP contribution in [0.25, 0.3) is 11.1 Å². The molecule has 0 radical (unpaired) electrons. The van der Waals surface area contributed by atoms with E-state index in [0.29, 0.717) is 42.2 Å². The summed E-state index contributed by atoms with van der Waals surface area (Å²) in [6.07, 6.45) is 9.41. The molecule has 1 unspecified atom stereocenters. The molecule has 2 aromatic heterocycles. The number of likely N-dealkylation sites (tertiary alicyclic amines) is 1. The van der Waals surface area contributed by atoms with Gasteiger partial charge in [-0.05, 0) is 86.7 Å². The zero-order valence-electron chi connectivity index (χ0n) is 26.4. The Kier molecular flexibility index (Phi) is 7.24. The minimum absolute atomic E-state index is 0.0197. The van der Waals surface area contributed by atoms with Crippen LogP contribution in [0.1, 0.15) is 80.3 Å². The van der Waals surface area contributed by atoms with Crippen molar-refractivity contribution in [2.45, 2.75) is 83.3 Å². The van der Waals surface area contributed by atoms with Gasteiger partial charge in [0.25, 0.3) is 6.43 Å². The molecule has 4 aliphatic heterocycles. The number of anilines is 2. The second kappa shape index (κ2) is 11.2. The number of carbonyl (C=O) groups is 1. The number of rotatable bonds is 5. The summed E-state index contributed by atoms with van der Waals surface area (Å²) in [5.41, 5.74) is 5.98. The van der Waals surface area contributed by atoms with Gasteiger partial charge in [0.1, 0.15) is 0 Å². The van der Waals surface area contributed by atoms with Crippen molar-refractivity contribution < 1.29 is 13.6 Å². The molecule has 8 rings (SSSR count). The normalized spacial score (nSPS) is 23.4. The molecule has 1 aromatic carbocycles. The van der Waals surface area contributed by atoms with Crippen molar-refractivity contribution >= 4 is 17.4 Å². The fourth-order valence-electron chi connectivity index (χ4n) is 8.82. The quantitative estimate of drug-likeness (QED) is 0.435. The van der Waals surface area contributed by atoms with Gasteiger partial charge in [0.15, 0.2) is 5.82 Å². The van der Waals surface area contributed by atoms with Crippen LogP contribution in [0.3, 0.4) is 0 Å². The molecule has 1 atom stereocenters. The fourth-order valence-corrected chi connectivity index (χ4v) is 8.82. The summed E-state index contributed by atoms with van der Waals surface area (Å²) in [6, 6.07) is 4.67. The maximum Gasteiger partial charge on any atom is 0.264 e. The van der Waals surface area contributed by atoms with E-state index in [1.807, 2.05) is 11.0 Å². The summed E-state index contributed by atoms with van der Waals surface area (Å²) in [5, 5.41) is 13.1. The number of hydrogen-bond donors (Lipinski definition) is 1. The van der Waals surface area contributed by atoms with Crippen LogP contribution in [0.5, 0.6) is 0 Å². The first-order valence-corrected chi connectivity index (χ1v) is 16.8. The van der Waals surface area contributed by atoms with Crippen LogP contribution in [0.4, 0.5) is 20.3 Å². The number of alkyl halides is 2. The molecule has 6 heterocycles. The van der Waals surface area contributed by atoms with Gasteiger partial charge in [0.2, 0.25) is 5.91 Å². The van der Waals surface area contributed by atoms with E-state index >= 15 is 0 Å². The highest BCUT2D eigenvalue weighted by molar-refractivity contribution is 5.78. The minimum Gasteiger partial charge on any atom is -0.338 e. The van der Waals surface area contributed by atoms with Crippen LogP contribution in [0.2, 0.25) is 0 Å². The van der Waals surface area contributed by atoms with Crippen LogP contribution >= 0.6 is 0 Å². The Morgan fingerprint density at radius 3 is 2.60 bits per heavy atom. The van der Waals surface area contributed by atoms with Crippen LogP contribution in [0, 0.1) is 5.41 Å².